The highest BCUT2D eigenvalue weighted by Gasteiger charge is 2.13. The van der Waals surface area contributed by atoms with Crippen LogP contribution in [0, 0.1) is 6.92 Å². The van der Waals surface area contributed by atoms with Crippen molar-refractivity contribution in [3.8, 4) is 0 Å². The summed E-state index contributed by atoms with van der Waals surface area (Å²) in [5, 5.41) is 15.3. The Bertz CT molecular complexity index is 1110. The molecule has 4 rings (SSSR count). The van der Waals surface area contributed by atoms with Crippen LogP contribution in [-0.4, -0.2) is 48.3 Å². The molecule has 29 heavy (non-hydrogen) atoms. The average Bonchev–Trinajstić information content (AvgIpc) is 3.35. The molecule has 0 bridgehead atoms. The third kappa shape index (κ3) is 4.37. The van der Waals surface area contributed by atoms with Crippen molar-refractivity contribution in [2.45, 2.75) is 19.9 Å². The zero-order valence-corrected chi connectivity index (χ0v) is 16.7. The van der Waals surface area contributed by atoms with Gasteiger partial charge in [0.15, 0.2) is 5.65 Å². The first kappa shape index (κ1) is 18.9. The highest BCUT2D eigenvalue weighted by molar-refractivity contribution is 7.07. The number of carbonyl (C=O) groups is 1. The Kier molecular flexibility index (Phi) is 5.71. The molecule has 9 nitrogen and oxygen atoms in total. The van der Waals surface area contributed by atoms with Gasteiger partial charge in [0.2, 0.25) is 0 Å². The number of fused-ring (bicyclic) bond motifs is 1. The van der Waals surface area contributed by atoms with Crippen LogP contribution in [0.4, 0.5) is 5.82 Å². The fraction of sp³-hybridized carbons (Fsp3) is 0.263. The van der Waals surface area contributed by atoms with E-state index in [4.69, 9.17) is 0 Å². The zero-order valence-electron chi connectivity index (χ0n) is 15.9. The number of hydrogen-bond donors (Lipinski definition) is 2. The Labute approximate surface area is 171 Å². The van der Waals surface area contributed by atoms with E-state index in [1.54, 1.807) is 17.8 Å². The lowest BCUT2D eigenvalue weighted by atomic mass is 10.1. The maximum Gasteiger partial charge on any atom is 0.265 e. The van der Waals surface area contributed by atoms with E-state index in [1.807, 2.05) is 18.2 Å². The predicted molar refractivity (Wildman–Crippen MR) is 111 cm³/mol. The van der Waals surface area contributed by atoms with Crippen LogP contribution in [0.3, 0.4) is 0 Å². The molecule has 0 atom stereocenters. The van der Waals surface area contributed by atoms with Crippen LogP contribution >= 0.6 is 11.5 Å². The molecule has 3 heterocycles. The number of anilines is 1. The topological polar surface area (TPSA) is 111 Å². The predicted octanol–water partition coefficient (Wildman–Crippen LogP) is 2.07. The molecule has 1 aromatic carbocycles. The molecule has 1 amide bonds. The van der Waals surface area contributed by atoms with E-state index in [1.165, 1.54) is 11.9 Å². The molecule has 0 saturated heterocycles. The molecule has 0 spiro atoms. The van der Waals surface area contributed by atoms with Gasteiger partial charge in [-0.3, -0.25) is 4.79 Å². The summed E-state index contributed by atoms with van der Waals surface area (Å²) in [5.41, 5.74) is 2.63. The summed E-state index contributed by atoms with van der Waals surface area (Å²) < 4.78 is 5.55. The van der Waals surface area contributed by atoms with E-state index in [-0.39, 0.29) is 5.91 Å². The highest BCUT2D eigenvalue weighted by atomic mass is 32.1. The first-order valence-electron chi connectivity index (χ1n) is 9.24. The van der Waals surface area contributed by atoms with Gasteiger partial charge < -0.3 is 10.6 Å². The molecule has 0 aliphatic heterocycles. The second kappa shape index (κ2) is 8.74. The molecule has 0 aliphatic carbocycles. The Morgan fingerprint density at radius 1 is 1.17 bits per heavy atom. The third-order valence-corrected chi connectivity index (χ3v) is 5.28. The largest absolute Gasteiger partial charge is 0.369 e. The van der Waals surface area contributed by atoms with Crippen LogP contribution in [0.15, 0.2) is 42.9 Å². The zero-order chi connectivity index (χ0) is 20.1. The van der Waals surface area contributed by atoms with Crippen LogP contribution in [0.5, 0.6) is 0 Å². The van der Waals surface area contributed by atoms with Gasteiger partial charge in [-0.15, -0.1) is 5.10 Å². The molecule has 0 radical (unpaired) electrons. The fourth-order valence-corrected chi connectivity index (χ4v) is 3.54. The van der Waals surface area contributed by atoms with E-state index >= 15 is 0 Å². The number of hydrogen-bond acceptors (Lipinski definition) is 8. The Morgan fingerprint density at radius 3 is 2.83 bits per heavy atom. The van der Waals surface area contributed by atoms with Crippen molar-refractivity contribution >= 4 is 34.3 Å². The third-order valence-electron chi connectivity index (χ3n) is 4.45. The summed E-state index contributed by atoms with van der Waals surface area (Å²) >= 11 is 1.09. The maximum absolute atomic E-state index is 12.2. The number of amides is 1. The minimum Gasteiger partial charge on any atom is -0.369 e. The minimum atomic E-state index is -0.174. The van der Waals surface area contributed by atoms with Gasteiger partial charge in [-0.25, -0.2) is 14.6 Å². The Balaban J connectivity index is 1.37. The van der Waals surface area contributed by atoms with Gasteiger partial charge in [0, 0.05) is 13.1 Å². The van der Waals surface area contributed by atoms with Crippen molar-refractivity contribution in [2.24, 2.45) is 0 Å². The minimum absolute atomic E-state index is 0.174. The molecule has 3 aromatic heterocycles. The number of rotatable bonds is 8. The molecule has 0 saturated carbocycles. The second-order valence-electron chi connectivity index (χ2n) is 6.43. The average molecular weight is 408 g/mol. The van der Waals surface area contributed by atoms with Gasteiger partial charge in [-0.1, -0.05) is 34.8 Å². The molecule has 10 heteroatoms. The summed E-state index contributed by atoms with van der Waals surface area (Å²) in [6.07, 6.45) is 4.17. The van der Waals surface area contributed by atoms with Gasteiger partial charge in [0.1, 0.15) is 17.0 Å². The number of nitrogens with zero attached hydrogens (tertiary/aromatic N) is 6. The molecule has 4 aromatic rings. The monoisotopic (exact) mass is 408 g/mol. The van der Waals surface area contributed by atoms with Crippen LogP contribution in [0.2, 0.25) is 0 Å². The normalized spacial score (nSPS) is 10.9. The van der Waals surface area contributed by atoms with E-state index < -0.39 is 0 Å². The van der Waals surface area contributed by atoms with Gasteiger partial charge >= 0.3 is 0 Å². The van der Waals surface area contributed by atoms with Crippen molar-refractivity contribution in [2.75, 3.05) is 18.4 Å². The van der Waals surface area contributed by atoms with E-state index in [2.05, 4.69) is 47.4 Å². The van der Waals surface area contributed by atoms with Crippen molar-refractivity contribution in [3.63, 3.8) is 0 Å². The van der Waals surface area contributed by atoms with E-state index in [0.29, 0.717) is 23.7 Å². The van der Waals surface area contributed by atoms with Crippen molar-refractivity contribution in [1.82, 2.24) is 34.7 Å². The van der Waals surface area contributed by atoms with E-state index in [0.717, 1.165) is 41.3 Å². The first-order chi connectivity index (χ1) is 14.2. The number of aromatic nitrogens is 6. The fourth-order valence-electron chi connectivity index (χ4n) is 2.96. The highest BCUT2D eigenvalue weighted by Crippen LogP contribution is 2.18. The molecule has 148 valence electrons. The van der Waals surface area contributed by atoms with E-state index in [9.17, 15) is 4.79 Å². The second-order valence-corrected chi connectivity index (χ2v) is 7.19. The maximum atomic E-state index is 12.2. The lowest BCUT2D eigenvalue weighted by Gasteiger charge is -2.07. The quantitative estimate of drug-likeness (QED) is 0.459. The summed E-state index contributed by atoms with van der Waals surface area (Å²) in [6.45, 7) is 3.46. The molecule has 0 unspecified atom stereocenters. The smallest absolute Gasteiger partial charge is 0.265 e. The van der Waals surface area contributed by atoms with Crippen molar-refractivity contribution < 1.29 is 4.79 Å². The summed E-state index contributed by atoms with van der Waals surface area (Å²) in [4.78, 5) is 21.4. The Hall–Kier alpha value is -3.40. The number of benzene rings is 1. The summed E-state index contributed by atoms with van der Waals surface area (Å²) in [5.74, 6) is 0.583. The van der Waals surface area contributed by atoms with Crippen LogP contribution in [-0.2, 0) is 13.0 Å². The standard InChI is InChI=1S/C19H20N8OS/c1-13-16(29-26-25-13)19(28)21-9-10-27-18-15(11-24-27)17(22-12-23-18)20-8-7-14-5-3-2-4-6-14/h2-6,11-12H,7-10H2,1H3,(H,21,28)(H,20,22,23). The molecule has 0 aliphatic rings. The SMILES string of the molecule is Cc1nnsc1C(=O)NCCn1ncc2c(NCCc3ccccc3)ncnc21. The molecule has 2 N–H and O–H groups in total. The first-order valence-corrected chi connectivity index (χ1v) is 10.0. The van der Waals surface area contributed by atoms with Gasteiger partial charge in [-0.2, -0.15) is 5.10 Å². The molecular weight excluding hydrogens is 388 g/mol. The molecular formula is C19H20N8OS. The van der Waals surface area contributed by atoms with Gasteiger partial charge in [0.25, 0.3) is 5.91 Å². The van der Waals surface area contributed by atoms with Crippen molar-refractivity contribution in [1.29, 1.82) is 0 Å². The lowest BCUT2D eigenvalue weighted by Crippen LogP contribution is -2.27. The van der Waals surface area contributed by atoms with Gasteiger partial charge in [0.05, 0.1) is 23.8 Å². The summed E-state index contributed by atoms with van der Waals surface area (Å²) in [6, 6.07) is 10.3. The summed E-state index contributed by atoms with van der Waals surface area (Å²) in [7, 11) is 0. The lowest BCUT2D eigenvalue weighted by molar-refractivity contribution is 0.0955. The number of carbonyl (C=O) groups excluding carboxylic acids is 1. The van der Waals surface area contributed by atoms with Crippen LogP contribution in [0.25, 0.3) is 11.0 Å². The molecule has 0 fully saturated rings. The van der Waals surface area contributed by atoms with Gasteiger partial charge in [-0.05, 0) is 30.4 Å². The van der Waals surface area contributed by atoms with Crippen molar-refractivity contribution in [3.05, 3.63) is 59.0 Å². The van der Waals surface area contributed by atoms with Crippen LogP contribution < -0.4 is 10.6 Å². The number of nitrogens with one attached hydrogen (secondary N) is 2. The van der Waals surface area contributed by atoms with Crippen LogP contribution in [0.1, 0.15) is 20.9 Å². The number of aryl methyl sites for hydroxylation is 1. The Morgan fingerprint density at radius 2 is 2.03 bits per heavy atom.